The quantitative estimate of drug-likeness (QED) is 0.633. The van der Waals surface area contributed by atoms with Crippen molar-refractivity contribution in [3.8, 4) is 0 Å². The number of carbonyl (C=O) groups is 1. The fraction of sp³-hybridized carbons (Fsp3) is 0.682. The maximum Gasteiger partial charge on any atom is 0.410 e. The molecule has 1 aliphatic heterocycles. The van der Waals surface area contributed by atoms with Crippen molar-refractivity contribution in [2.24, 2.45) is 5.41 Å². The second-order valence-electron chi connectivity index (χ2n) is 10.4. The standard InChI is InChI=1S/C22H32BrFN2O3S/c1-20(2,3)29-19(27)26-13-22(10-11-22)18(25-30(28)21(4,5)6)16(26)12-14-8-7-9-15(23)17(14)24/h7-9,16,18,25H,10-13H2,1-6H3/t16-,18+,30?/m0/s1. The predicted molar refractivity (Wildman–Crippen MR) is 121 cm³/mol. The number of halogens is 2. The minimum absolute atomic E-state index is 0.134. The molecular formula is C22H32BrFN2O3S. The number of nitrogens with zero attached hydrogens (tertiary/aromatic N) is 1. The highest BCUT2D eigenvalue weighted by Crippen LogP contribution is 2.56. The largest absolute Gasteiger partial charge is 0.444 e. The van der Waals surface area contributed by atoms with E-state index in [1.807, 2.05) is 41.5 Å². The predicted octanol–water partition coefficient (Wildman–Crippen LogP) is 4.95. The Kier molecular flexibility index (Phi) is 6.45. The van der Waals surface area contributed by atoms with E-state index in [0.717, 1.165) is 12.8 Å². The van der Waals surface area contributed by atoms with E-state index in [2.05, 4.69) is 20.7 Å². The summed E-state index contributed by atoms with van der Waals surface area (Å²) in [5, 5.41) is 0. The Morgan fingerprint density at radius 1 is 1.30 bits per heavy atom. The van der Waals surface area contributed by atoms with Gasteiger partial charge in [0.2, 0.25) is 0 Å². The zero-order chi connectivity index (χ0) is 22.5. The molecule has 3 rings (SSSR count). The normalized spacial score (nSPS) is 24.2. The molecule has 0 bridgehead atoms. The van der Waals surface area contributed by atoms with E-state index in [1.165, 1.54) is 0 Å². The van der Waals surface area contributed by atoms with Gasteiger partial charge in [0.25, 0.3) is 0 Å². The van der Waals surface area contributed by atoms with E-state index in [-0.39, 0.29) is 23.3 Å². The van der Waals surface area contributed by atoms with Crippen LogP contribution in [0.3, 0.4) is 0 Å². The van der Waals surface area contributed by atoms with Crippen LogP contribution in [0.5, 0.6) is 0 Å². The zero-order valence-corrected chi connectivity index (χ0v) is 21.0. The van der Waals surface area contributed by atoms with Gasteiger partial charge in [0.05, 0.1) is 26.2 Å². The van der Waals surface area contributed by atoms with Crippen LogP contribution in [0.15, 0.2) is 22.7 Å². The van der Waals surface area contributed by atoms with Gasteiger partial charge in [-0.05, 0) is 88.4 Å². The number of rotatable bonds is 4. The van der Waals surface area contributed by atoms with Crippen LogP contribution < -0.4 is 4.72 Å². The van der Waals surface area contributed by atoms with Gasteiger partial charge in [-0.3, -0.25) is 0 Å². The Morgan fingerprint density at radius 3 is 2.47 bits per heavy atom. The van der Waals surface area contributed by atoms with Crippen LogP contribution in [0.4, 0.5) is 9.18 Å². The molecule has 1 aromatic rings. The van der Waals surface area contributed by atoms with Crippen molar-refractivity contribution < 1.29 is 18.1 Å². The molecule has 3 atom stereocenters. The smallest absolute Gasteiger partial charge is 0.410 e. The molecule has 1 N–H and O–H groups in total. The third-order valence-electron chi connectivity index (χ3n) is 5.70. The lowest BCUT2D eigenvalue weighted by molar-refractivity contribution is 0.0213. The highest BCUT2D eigenvalue weighted by Gasteiger charge is 2.61. The summed E-state index contributed by atoms with van der Waals surface area (Å²) in [6, 6.07) is 4.65. The van der Waals surface area contributed by atoms with E-state index in [1.54, 1.807) is 23.1 Å². The van der Waals surface area contributed by atoms with E-state index < -0.39 is 27.4 Å². The Balaban J connectivity index is 1.95. The molecule has 5 nitrogen and oxygen atoms in total. The minimum Gasteiger partial charge on any atom is -0.444 e. The van der Waals surface area contributed by atoms with E-state index in [0.29, 0.717) is 23.0 Å². The van der Waals surface area contributed by atoms with Crippen LogP contribution in [0.2, 0.25) is 0 Å². The first-order chi connectivity index (χ1) is 13.7. The molecule has 1 amide bonds. The van der Waals surface area contributed by atoms with Gasteiger partial charge in [0, 0.05) is 18.0 Å². The molecule has 1 saturated heterocycles. The number of likely N-dealkylation sites (tertiary alicyclic amines) is 1. The lowest BCUT2D eigenvalue weighted by Gasteiger charge is -2.32. The molecule has 1 spiro atoms. The second-order valence-corrected chi connectivity index (χ2v) is 13.3. The molecule has 1 aliphatic carbocycles. The van der Waals surface area contributed by atoms with Crippen molar-refractivity contribution in [1.82, 2.24) is 9.62 Å². The van der Waals surface area contributed by atoms with Crippen LogP contribution in [-0.4, -0.2) is 44.2 Å². The van der Waals surface area contributed by atoms with Crippen molar-refractivity contribution >= 4 is 33.0 Å². The maximum atomic E-state index is 14.8. The highest BCUT2D eigenvalue weighted by molar-refractivity contribution is 9.10. The molecule has 8 heteroatoms. The van der Waals surface area contributed by atoms with E-state index in [9.17, 15) is 13.4 Å². The first-order valence-electron chi connectivity index (χ1n) is 10.3. The van der Waals surface area contributed by atoms with Gasteiger partial charge in [-0.25, -0.2) is 18.1 Å². The number of nitrogens with one attached hydrogen (secondary N) is 1. The molecule has 0 aromatic heterocycles. The molecule has 0 radical (unpaired) electrons. The lowest BCUT2D eigenvalue weighted by Crippen LogP contribution is -2.51. The van der Waals surface area contributed by atoms with Crippen molar-refractivity contribution in [1.29, 1.82) is 0 Å². The SMILES string of the molecule is CC(C)(C)OC(=O)N1CC2(CC2)[C@H](NS(=O)C(C)(C)C)[C@@H]1Cc1cccc(Br)c1F. The Labute approximate surface area is 189 Å². The topological polar surface area (TPSA) is 58.6 Å². The lowest BCUT2D eigenvalue weighted by atomic mass is 9.92. The molecule has 2 fully saturated rings. The Bertz CT molecular complexity index is 846. The van der Waals surface area contributed by atoms with Crippen molar-refractivity contribution in [3.63, 3.8) is 0 Å². The minimum atomic E-state index is -1.30. The van der Waals surface area contributed by atoms with Crippen LogP contribution in [0, 0.1) is 11.2 Å². The molecule has 1 saturated carbocycles. The highest BCUT2D eigenvalue weighted by atomic mass is 79.9. The third-order valence-corrected chi connectivity index (χ3v) is 7.89. The Hall–Kier alpha value is -0.990. The summed E-state index contributed by atoms with van der Waals surface area (Å²) in [6.45, 7) is 11.8. The number of amides is 1. The van der Waals surface area contributed by atoms with Crippen molar-refractivity contribution in [2.75, 3.05) is 6.54 Å². The fourth-order valence-corrected chi connectivity index (χ4v) is 5.35. The summed E-state index contributed by atoms with van der Waals surface area (Å²) in [4.78, 5) is 14.8. The molecular weight excluding hydrogens is 471 g/mol. The van der Waals surface area contributed by atoms with Crippen LogP contribution in [-0.2, 0) is 22.1 Å². The number of benzene rings is 1. The van der Waals surface area contributed by atoms with Gasteiger partial charge in [0.15, 0.2) is 0 Å². The number of hydrogen-bond donors (Lipinski definition) is 1. The average Bonchev–Trinajstić information content (AvgIpc) is 3.31. The number of hydrogen-bond acceptors (Lipinski definition) is 3. The number of carbonyl (C=O) groups excluding carboxylic acids is 1. The number of ether oxygens (including phenoxy) is 1. The summed E-state index contributed by atoms with van der Waals surface area (Å²) >= 11 is 3.25. The van der Waals surface area contributed by atoms with Gasteiger partial charge < -0.3 is 9.64 Å². The first-order valence-corrected chi connectivity index (χ1v) is 12.3. The summed E-state index contributed by atoms with van der Waals surface area (Å²) in [7, 11) is -1.30. The summed E-state index contributed by atoms with van der Waals surface area (Å²) in [5.74, 6) is -0.325. The molecule has 30 heavy (non-hydrogen) atoms. The van der Waals surface area contributed by atoms with Gasteiger partial charge in [0.1, 0.15) is 11.4 Å². The molecule has 1 heterocycles. The Morgan fingerprint density at radius 2 is 1.93 bits per heavy atom. The zero-order valence-electron chi connectivity index (χ0n) is 18.6. The molecule has 1 aromatic carbocycles. The van der Waals surface area contributed by atoms with E-state index >= 15 is 0 Å². The monoisotopic (exact) mass is 502 g/mol. The van der Waals surface area contributed by atoms with Gasteiger partial charge >= 0.3 is 6.09 Å². The van der Waals surface area contributed by atoms with Crippen LogP contribution >= 0.6 is 15.9 Å². The van der Waals surface area contributed by atoms with Crippen LogP contribution in [0.25, 0.3) is 0 Å². The maximum absolute atomic E-state index is 14.8. The third kappa shape index (κ3) is 5.07. The van der Waals surface area contributed by atoms with Crippen molar-refractivity contribution in [3.05, 3.63) is 34.1 Å². The van der Waals surface area contributed by atoms with Gasteiger partial charge in [-0.2, -0.15) is 0 Å². The van der Waals surface area contributed by atoms with E-state index in [4.69, 9.17) is 4.74 Å². The second kappa shape index (κ2) is 8.17. The van der Waals surface area contributed by atoms with Crippen molar-refractivity contribution in [2.45, 2.75) is 83.2 Å². The summed E-state index contributed by atoms with van der Waals surface area (Å²) < 4.78 is 36.7. The molecule has 168 valence electrons. The summed E-state index contributed by atoms with van der Waals surface area (Å²) in [6.07, 6.45) is 1.82. The molecule has 1 unspecified atom stereocenters. The first kappa shape index (κ1) is 23.7. The van der Waals surface area contributed by atoms with Gasteiger partial charge in [-0.15, -0.1) is 0 Å². The van der Waals surface area contributed by atoms with Gasteiger partial charge in [-0.1, -0.05) is 12.1 Å². The average molecular weight is 503 g/mol. The van der Waals surface area contributed by atoms with Crippen LogP contribution in [0.1, 0.15) is 59.9 Å². The molecule has 2 aliphatic rings. The fourth-order valence-electron chi connectivity index (χ4n) is 3.95. The summed E-state index contributed by atoms with van der Waals surface area (Å²) in [5.41, 5.74) is -0.238.